The topological polar surface area (TPSA) is 40.9 Å². The molecule has 0 aromatic carbocycles. The third-order valence-corrected chi connectivity index (χ3v) is 2.94. The number of nitriles is 1. The van der Waals surface area contributed by atoms with Gasteiger partial charge < -0.3 is 0 Å². The molecule has 0 radical (unpaired) electrons. The van der Waals surface area contributed by atoms with Crippen LogP contribution in [0.5, 0.6) is 0 Å². The minimum atomic E-state index is -0.110. The molecule has 0 saturated heterocycles. The van der Waals surface area contributed by atoms with Crippen LogP contribution in [0, 0.1) is 22.2 Å². The zero-order chi connectivity index (χ0) is 8.11. The fraction of sp³-hybridized carbons (Fsp3) is 0.778. The average molecular weight is 149 g/mol. The molecule has 2 rings (SSSR count). The molecule has 0 N–H and O–H groups in total. The van der Waals surface area contributed by atoms with Gasteiger partial charge in [0.25, 0.3) is 0 Å². The van der Waals surface area contributed by atoms with Gasteiger partial charge in [-0.25, -0.2) is 0 Å². The summed E-state index contributed by atoms with van der Waals surface area (Å²) in [6, 6.07) is 2.30. The molecule has 2 saturated carbocycles. The number of rotatable bonds is 0. The van der Waals surface area contributed by atoms with Crippen LogP contribution in [0.2, 0.25) is 0 Å². The van der Waals surface area contributed by atoms with Gasteiger partial charge in [0, 0.05) is 12.8 Å². The standard InChI is InChI=1S/C9H11NO/c1-8(6-10)4-9(5-8)2-7(11)3-9/h2-5H2,1H3. The zero-order valence-electron chi connectivity index (χ0n) is 6.68. The van der Waals surface area contributed by atoms with Crippen molar-refractivity contribution in [3.8, 4) is 6.07 Å². The monoisotopic (exact) mass is 149 g/mol. The van der Waals surface area contributed by atoms with E-state index in [4.69, 9.17) is 5.26 Å². The molecule has 58 valence electrons. The van der Waals surface area contributed by atoms with Crippen molar-refractivity contribution in [3.05, 3.63) is 0 Å². The van der Waals surface area contributed by atoms with Crippen LogP contribution in [0.3, 0.4) is 0 Å². The number of carbonyl (C=O) groups excluding carboxylic acids is 1. The van der Waals surface area contributed by atoms with Crippen LogP contribution in [-0.2, 0) is 4.79 Å². The van der Waals surface area contributed by atoms with E-state index < -0.39 is 0 Å². The van der Waals surface area contributed by atoms with Crippen molar-refractivity contribution in [3.63, 3.8) is 0 Å². The molecule has 2 aliphatic carbocycles. The number of nitrogens with zero attached hydrogens (tertiary/aromatic N) is 1. The SMILES string of the molecule is CC1(C#N)CC2(CC(=O)C2)C1. The summed E-state index contributed by atoms with van der Waals surface area (Å²) >= 11 is 0. The Morgan fingerprint density at radius 2 is 2.00 bits per heavy atom. The van der Waals surface area contributed by atoms with E-state index in [-0.39, 0.29) is 10.8 Å². The Bertz CT molecular complexity index is 245. The van der Waals surface area contributed by atoms with Crippen LogP contribution in [-0.4, -0.2) is 5.78 Å². The van der Waals surface area contributed by atoms with Gasteiger partial charge in [-0.05, 0) is 25.2 Å². The molecule has 2 nitrogen and oxygen atoms in total. The van der Waals surface area contributed by atoms with E-state index in [1.165, 1.54) is 0 Å². The Morgan fingerprint density at radius 3 is 2.36 bits per heavy atom. The molecule has 2 heteroatoms. The fourth-order valence-electron chi connectivity index (χ4n) is 2.72. The molecular weight excluding hydrogens is 138 g/mol. The lowest BCUT2D eigenvalue weighted by Gasteiger charge is -2.55. The van der Waals surface area contributed by atoms with Crippen LogP contribution in [0.1, 0.15) is 32.6 Å². The maximum absolute atomic E-state index is 10.7. The number of hydrogen-bond donors (Lipinski definition) is 0. The van der Waals surface area contributed by atoms with Gasteiger partial charge in [0.2, 0.25) is 0 Å². The van der Waals surface area contributed by atoms with Gasteiger partial charge in [0.05, 0.1) is 11.5 Å². The first-order valence-corrected chi connectivity index (χ1v) is 4.01. The molecule has 1 spiro atoms. The van der Waals surface area contributed by atoms with Crippen LogP contribution in [0.4, 0.5) is 0 Å². The quantitative estimate of drug-likeness (QED) is 0.525. The third-order valence-electron chi connectivity index (χ3n) is 2.94. The molecule has 0 aromatic heterocycles. The third kappa shape index (κ3) is 0.805. The molecule has 0 unspecified atom stereocenters. The highest BCUT2D eigenvalue weighted by atomic mass is 16.1. The predicted octanol–water partition coefficient (Wildman–Crippen LogP) is 1.66. The van der Waals surface area contributed by atoms with Crippen molar-refractivity contribution in [1.29, 1.82) is 5.26 Å². The summed E-state index contributed by atoms with van der Waals surface area (Å²) in [5, 5.41) is 8.73. The summed E-state index contributed by atoms with van der Waals surface area (Å²) < 4.78 is 0. The molecule has 2 fully saturated rings. The largest absolute Gasteiger partial charge is 0.300 e. The first kappa shape index (κ1) is 6.84. The second kappa shape index (κ2) is 1.66. The van der Waals surface area contributed by atoms with Crippen LogP contribution < -0.4 is 0 Å². The maximum Gasteiger partial charge on any atom is 0.134 e. The van der Waals surface area contributed by atoms with E-state index in [0.717, 1.165) is 25.7 Å². The van der Waals surface area contributed by atoms with Gasteiger partial charge in [-0.15, -0.1) is 0 Å². The Labute approximate surface area is 66.2 Å². The lowest BCUT2D eigenvalue weighted by atomic mass is 9.46. The van der Waals surface area contributed by atoms with Crippen molar-refractivity contribution in [1.82, 2.24) is 0 Å². The smallest absolute Gasteiger partial charge is 0.134 e. The lowest BCUT2D eigenvalue weighted by molar-refractivity contribution is -0.145. The van der Waals surface area contributed by atoms with E-state index in [9.17, 15) is 4.79 Å². The Kier molecular flexibility index (Phi) is 1.03. The molecule has 0 amide bonds. The minimum Gasteiger partial charge on any atom is -0.300 e. The van der Waals surface area contributed by atoms with Crippen molar-refractivity contribution < 1.29 is 4.79 Å². The Hall–Kier alpha value is -0.840. The second-order valence-corrected chi connectivity index (χ2v) is 4.42. The first-order chi connectivity index (χ1) is 5.08. The van der Waals surface area contributed by atoms with E-state index >= 15 is 0 Å². The van der Waals surface area contributed by atoms with Crippen LogP contribution >= 0.6 is 0 Å². The van der Waals surface area contributed by atoms with E-state index in [0.29, 0.717) is 5.78 Å². The first-order valence-electron chi connectivity index (χ1n) is 4.01. The number of Topliss-reactive ketones (excluding diaryl/α,β-unsaturated/α-hetero) is 1. The van der Waals surface area contributed by atoms with Crippen LogP contribution in [0.15, 0.2) is 0 Å². The highest BCUT2D eigenvalue weighted by Crippen LogP contribution is 2.62. The molecule has 2 aliphatic rings. The van der Waals surface area contributed by atoms with Crippen molar-refractivity contribution in [2.75, 3.05) is 0 Å². The molecule has 0 aliphatic heterocycles. The zero-order valence-corrected chi connectivity index (χ0v) is 6.68. The highest BCUT2D eigenvalue weighted by molar-refractivity contribution is 5.86. The second-order valence-electron chi connectivity index (χ2n) is 4.42. The van der Waals surface area contributed by atoms with Crippen LogP contribution in [0.25, 0.3) is 0 Å². The van der Waals surface area contributed by atoms with E-state index in [1.54, 1.807) is 0 Å². The summed E-state index contributed by atoms with van der Waals surface area (Å²) in [6.07, 6.45) is 3.37. The molecule has 11 heavy (non-hydrogen) atoms. The summed E-state index contributed by atoms with van der Waals surface area (Å²) in [7, 11) is 0. The molecule has 0 aromatic rings. The summed E-state index contributed by atoms with van der Waals surface area (Å²) in [5.41, 5.74) is 0.169. The fourth-order valence-corrected chi connectivity index (χ4v) is 2.72. The normalized spacial score (nSPS) is 30.4. The van der Waals surface area contributed by atoms with E-state index in [2.05, 4.69) is 6.07 Å². The minimum absolute atomic E-state index is 0.110. The number of carbonyl (C=O) groups is 1. The van der Waals surface area contributed by atoms with Crippen molar-refractivity contribution >= 4 is 5.78 Å². The lowest BCUT2D eigenvalue weighted by Crippen LogP contribution is -2.52. The van der Waals surface area contributed by atoms with E-state index in [1.807, 2.05) is 6.92 Å². The Balaban J connectivity index is 1.99. The van der Waals surface area contributed by atoms with Crippen molar-refractivity contribution in [2.45, 2.75) is 32.6 Å². The summed E-state index contributed by atoms with van der Waals surface area (Å²) in [5.74, 6) is 0.380. The molecule has 0 atom stereocenters. The van der Waals surface area contributed by atoms with Gasteiger partial charge in [-0.3, -0.25) is 4.79 Å². The van der Waals surface area contributed by atoms with Crippen molar-refractivity contribution in [2.24, 2.45) is 10.8 Å². The summed E-state index contributed by atoms with van der Waals surface area (Å²) in [6.45, 7) is 1.99. The maximum atomic E-state index is 10.7. The highest BCUT2D eigenvalue weighted by Gasteiger charge is 2.58. The molecular formula is C9H11NO. The average Bonchev–Trinajstić information content (AvgIpc) is 1.81. The van der Waals surface area contributed by atoms with Gasteiger partial charge in [0.1, 0.15) is 5.78 Å². The predicted molar refractivity (Wildman–Crippen MR) is 39.6 cm³/mol. The number of hydrogen-bond acceptors (Lipinski definition) is 2. The molecule has 0 heterocycles. The summed E-state index contributed by atoms with van der Waals surface area (Å²) in [4.78, 5) is 10.7. The number of ketones is 1. The van der Waals surface area contributed by atoms with Gasteiger partial charge in [-0.1, -0.05) is 0 Å². The van der Waals surface area contributed by atoms with Gasteiger partial charge in [-0.2, -0.15) is 5.26 Å². The van der Waals surface area contributed by atoms with Gasteiger partial charge in [0.15, 0.2) is 0 Å². The van der Waals surface area contributed by atoms with Gasteiger partial charge >= 0.3 is 0 Å². The molecule has 0 bridgehead atoms. The Morgan fingerprint density at radius 1 is 1.45 bits per heavy atom.